The van der Waals surface area contributed by atoms with Crippen molar-refractivity contribution < 1.29 is 10.0 Å². The number of carbonyl (C=O) groups excluding carboxylic acids is 1. The molecule has 3 heterocycles. The van der Waals surface area contributed by atoms with Gasteiger partial charge in [-0.2, -0.15) is 0 Å². The highest BCUT2D eigenvalue weighted by molar-refractivity contribution is 6.24. The molecule has 110 valence electrons. The Bertz CT molecular complexity index is 671. The first-order valence-electron chi connectivity index (χ1n) is 7.62. The number of rotatable bonds is 0. The third-order valence-corrected chi connectivity index (χ3v) is 5.09. The Morgan fingerprint density at radius 2 is 2.19 bits per heavy atom. The topological polar surface area (TPSA) is 57.8 Å². The Morgan fingerprint density at radius 1 is 1.33 bits per heavy atom. The number of nitrogens with zero attached hydrogens (tertiary/aromatic N) is 3. The van der Waals surface area contributed by atoms with Crippen LogP contribution < -0.4 is 0 Å². The number of hydrogen-bond acceptors (Lipinski definition) is 4. The first-order valence-corrected chi connectivity index (χ1v) is 7.62. The number of oxime groups is 1. The molecule has 5 nitrogen and oxygen atoms in total. The van der Waals surface area contributed by atoms with E-state index in [-0.39, 0.29) is 17.7 Å². The summed E-state index contributed by atoms with van der Waals surface area (Å²) in [5.41, 5.74) is 3.60. The third-order valence-electron chi connectivity index (χ3n) is 5.09. The molecule has 2 aliphatic heterocycles. The molecule has 0 saturated heterocycles. The number of allylic oxidation sites excluding steroid dienone is 2. The SMILES string of the molecule is CC1C(=NO)C2=C(CCCC2=O)N2CCn3cccc3C12. The normalized spacial score (nSPS) is 30.2. The van der Waals surface area contributed by atoms with Crippen LogP contribution in [0.2, 0.25) is 0 Å². The van der Waals surface area contributed by atoms with Crippen LogP contribution >= 0.6 is 0 Å². The molecule has 0 amide bonds. The summed E-state index contributed by atoms with van der Waals surface area (Å²) in [5, 5.41) is 13.0. The van der Waals surface area contributed by atoms with Gasteiger partial charge in [0.05, 0.1) is 17.3 Å². The second-order valence-electron chi connectivity index (χ2n) is 6.14. The van der Waals surface area contributed by atoms with Crippen LogP contribution in [0.1, 0.15) is 37.9 Å². The Labute approximate surface area is 123 Å². The number of aromatic nitrogens is 1. The Hall–Kier alpha value is -2.04. The van der Waals surface area contributed by atoms with E-state index in [4.69, 9.17) is 0 Å². The van der Waals surface area contributed by atoms with Gasteiger partial charge in [-0.1, -0.05) is 12.1 Å². The summed E-state index contributed by atoms with van der Waals surface area (Å²) in [5.74, 6) is 0.153. The van der Waals surface area contributed by atoms with Crippen molar-refractivity contribution in [1.82, 2.24) is 9.47 Å². The van der Waals surface area contributed by atoms with Crippen LogP contribution in [-0.4, -0.2) is 32.7 Å². The number of hydrogen-bond donors (Lipinski definition) is 1. The second-order valence-corrected chi connectivity index (χ2v) is 6.14. The average Bonchev–Trinajstić information content (AvgIpc) is 2.96. The Balaban J connectivity index is 1.91. The van der Waals surface area contributed by atoms with Crippen molar-refractivity contribution in [2.75, 3.05) is 6.54 Å². The minimum atomic E-state index is 0.0183. The van der Waals surface area contributed by atoms with E-state index in [1.807, 2.05) is 0 Å². The molecule has 0 aromatic carbocycles. The van der Waals surface area contributed by atoms with Gasteiger partial charge in [0.25, 0.3) is 0 Å². The monoisotopic (exact) mass is 285 g/mol. The van der Waals surface area contributed by atoms with Gasteiger partial charge in [0, 0.05) is 43.0 Å². The van der Waals surface area contributed by atoms with Gasteiger partial charge in [-0.3, -0.25) is 4.79 Å². The highest BCUT2D eigenvalue weighted by Crippen LogP contribution is 2.44. The van der Waals surface area contributed by atoms with Gasteiger partial charge in [-0.05, 0) is 25.0 Å². The first-order chi connectivity index (χ1) is 10.2. The van der Waals surface area contributed by atoms with E-state index in [2.05, 4.69) is 39.9 Å². The largest absolute Gasteiger partial charge is 0.411 e. The number of fused-ring (bicyclic) bond motifs is 4. The van der Waals surface area contributed by atoms with Gasteiger partial charge in [0.15, 0.2) is 5.78 Å². The zero-order valence-electron chi connectivity index (χ0n) is 12.1. The van der Waals surface area contributed by atoms with Crippen LogP contribution in [0.5, 0.6) is 0 Å². The van der Waals surface area contributed by atoms with Crippen LogP contribution in [-0.2, 0) is 11.3 Å². The molecule has 0 spiro atoms. The van der Waals surface area contributed by atoms with Crippen LogP contribution in [0.25, 0.3) is 0 Å². The molecule has 1 N–H and O–H groups in total. The predicted molar refractivity (Wildman–Crippen MR) is 78.1 cm³/mol. The third kappa shape index (κ3) is 1.63. The zero-order chi connectivity index (χ0) is 14.6. The minimum Gasteiger partial charge on any atom is -0.411 e. The maximum Gasteiger partial charge on any atom is 0.166 e. The number of ketones is 1. The van der Waals surface area contributed by atoms with Crippen molar-refractivity contribution in [2.24, 2.45) is 11.1 Å². The standard InChI is InChI=1S/C16H19N3O2/c1-10-15(17-21)14-11(4-2-6-13(14)20)19-9-8-18-7-3-5-12(18)16(10)19/h3,5,7,10,16,21H,2,4,6,8-9H2,1H3. The summed E-state index contributed by atoms with van der Waals surface area (Å²) in [6, 6.07) is 4.37. The van der Waals surface area contributed by atoms with E-state index >= 15 is 0 Å². The average molecular weight is 285 g/mol. The van der Waals surface area contributed by atoms with E-state index in [9.17, 15) is 10.0 Å². The molecule has 0 saturated carbocycles. The molecule has 2 unspecified atom stereocenters. The number of Topliss-reactive ketones (excluding diaryl/α,β-unsaturated/α-hetero) is 1. The fourth-order valence-electron chi connectivity index (χ4n) is 4.17. The van der Waals surface area contributed by atoms with Crippen LogP contribution in [0, 0.1) is 5.92 Å². The van der Waals surface area contributed by atoms with Crippen LogP contribution in [0.15, 0.2) is 34.8 Å². The molecule has 0 fully saturated rings. The van der Waals surface area contributed by atoms with Gasteiger partial charge < -0.3 is 14.7 Å². The summed E-state index contributed by atoms with van der Waals surface area (Å²) in [7, 11) is 0. The summed E-state index contributed by atoms with van der Waals surface area (Å²) in [6.45, 7) is 3.92. The highest BCUT2D eigenvalue weighted by Gasteiger charge is 2.44. The lowest BCUT2D eigenvalue weighted by atomic mass is 9.77. The van der Waals surface area contributed by atoms with E-state index in [1.165, 1.54) is 5.69 Å². The summed E-state index contributed by atoms with van der Waals surface area (Å²) in [6.07, 6.45) is 4.48. The van der Waals surface area contributed by atoms with Crippen molar-refractivity contribution in [1.29, 1.82) is 0 Å². The lowest BCUT2D eigenvalue weighted by Gasteiger charge is -2.48. The van der Waals surface area contributed by atoms with Gasteiger partial charge >= 0.3 is 0 Å². The summed E-state index contributed by atoms with van der Waals surface area (Å²) in [4.78, 5) is 14.7. The number of carbonyl (C=O) groups is 1. The lowest BCUT2D eigenvalue weighted by Crippen LogP contribution is -2.48. The Morgan fingerprint density at radius 3 is 3.00 bits per heavy atom. The second kappa shape index (κ2) is 4.48. The zero-order valence-corrected chi connectivity index (χ0v) is 12.1. The molecule has 1 aromatic rings. The molecule has 0 radical (unpaired) electrons. The van der Waals surface area contributed by atoms with Crippen LogP contribution in [0.4, 0.5) is 0 Å². The maximum absolute atomic E-state index is 12.3. The highest BCUT2D eigenvalue weighted by atomic mass is 16.4. The molecule has 4 rings (SSSR count). The van der Waals surface area contributed by atoms with Crippen molar-refractivity contribution in [3.63, 3.8) is 0 Å². The fourth-order valence-corrected chi connectivity index (χ4v) is 4.17. The molecular formula is C16H19N3O2. The summed E-state index contributed by atoms with van der Waals surface area (Å²) >= 11 is 0. The van der Waals surface area contributed by atoms with E-state index < -0.39 is 0 Å². The molecule has 0 bridgehead atoms. The van der Waals surface area contributed by atoms with Crippen LogP contribution in [0.3, 0.4) is 0 Å². The fraction of sp³-hybridized carbons (Fsp3) is 0.500. The molecular weight excluding hydrogens is 266 g/mol. The van der Waals surface area contributed by atoms with Gasteiger partial charge in [0.2, 0.25) is 0 Å². The van der Waals surface area contributed by atoms with Gasteiger partial charge in [0.1, 0.15) is 0 Å². The molecule has 2 atom stereocenters. The maximum atomic E-state index is 12.3. The van der Waals surface area contributed by atoms with Crippen molar-refractivity contribution >= 4 is 11.5 Å². The van der Waals surface area contributed by atoms with Crippen molar-refractivity contribution in [3.8, 4) is 0 Å². The predicted octanol–water partition coefficient (Wildman–Crippen LogP) is 2.33. The van der Waals surface area contributed by atoms with Crippen molar-refractivity contribution in [2.45, 2.75) is 38.8 Å². The first kappa shape index (κ1) is 12.7. The van der Waals surface area contributed by atoms with E-state index in [0.717, 1.165) is 31.6 Å². The lowest BCUT2D eigenvalue weighted by molar-refractivity contribution is -0.116. The van der Waals surface area contributed by atoms with Crippen molar-refractivity contribution in [3.05, 3.63) is 35.3 Å². The van der Waals surface area contributed by atoms with Gasteiger partial charge in [-0.15, -0.1) is 0 Å². The van der Waals surface area contributed by atoms with E-state index in [0.29, 0.717) is 17.7 Å². The molecule has 3 aliphatic rings. The molecule has 1 aromatic heterocycles. The quantitative estimate of drug-likeness (QED) is 0.588. The molecule has 5 heteroatoms. The molecule has 1 aliphatic carbocycles. The minimum absolute atomic E-state index is 0.0183. The van der Waals surface area contributed by atoms with E-state index in [1.54, 1.807) is 0 Å². The molecule has 21 heavy (non-hydrogen) atoms. The van der Waals surface area contributed by atoms with Gasteiger partial charge in [-0.25, -0.2) is 0 Å². The smallest absolute Gasteiger partial charge is 0.166 e. The Kier molecular flexibility index (Phi) is 2.71. The summed E-state index contributed by atoms with van der Waals surface area (Å²) < 4.78 is 2.27.